The molecule has 2 N–H and O–H groups in total. The molecule has 0 radical (unpaired) electrons. The number of pyridine rings is 1. The molecule has 2 aromatic rings. The number of hydrogen-bond donors (Lipinski definition) is 1. The Hall–Kier alpha value is -0.420. The normalized spacial score (nSPS) is 12.4. The van der Waals surface area contributed by atoms with E-state index in [9.17, 15) is 0 Å². The third-order valence-corrected chi connectivity index (χ3v) is 3.83. The summed E-state index contributed by atoms with van der Waals surface area (Å²) in [7, 11) is 0. The first kappa shape index (κ1) is 14.0. The Morgan fingerprint density at radius 3 is 2.61 bits per heavy atom. The molecule has 2 rings (SSSR count). The second kappa shape index (κ2) is 6.15. The molecule has 94 valence electrons. The van der Waals surface area contributed by atoms with Crippen molar-refractivity contribution < 1.29 is 0 Å². The lowest BCUT2D eigenvalue weighted by molar-refractivity contribution is 0.719. The fourth-order valence-corrected chi connectivity index (χ4v) is 2.96. The van der Waals surface area contributed by atoms with E-state index in [-0.39, 0.29) is 6.04 Å². The maximum Gasteiger partial charge on any atom is 0.0465 e. The summed E-state index contributed by atoms with van der Waals surface area (Å²) in [5.74, 6) is 0. The van der Waals surface area contributed by atoms with Crippen LogP contribution in [0.4, 0.5) is 0 Å². The van der Waals surface area contributed by atoms with E-state index in [2.05, 4.69) is 36.8 Å². The van der Waals surface area contributed by atoms with Crippen LogP contribution in [0.2, 0.25) is 5.02 Å². The molecule has 1 heterocycles. The van der Waals surface area contributed by atoms with Gasteiger partial charge in [-0.1, -0.05) is 33.6 Å². The summed E-state index contributed by atoms with van der Waals surface area (Å²) in [5.41, 5.74) is 8.21. The van der Waals surface area contributed by atoms with Gasteiger partial charge < -0.3 is 5.73 Å². The molecule has 1 aromatic carbocycles. The maximum atomic E-state index is 6.19. The molecule has 0 aliphatic rings. The van der Waals surface area contributed by atoms with Gasteiger partial charge in [0.25, 0.3) is 0 Å². The number of hydrogen-bond acceptors (Lipinski definition) is 2. The van der Waals surface area contributed by atoms with Gasteiger partial charge in [-0.2, -0.15) is 0 Å². The first-order chi connectivity index (χ1) is 8.56. The summed E-state index contributed by atoms with van der Waals surface area (Å²) in [5, 5.41) is 0.680. The smallest absolute Gasteiger partial charge is 0.0465 e. The zero-order valence-electron chi connectivity index (χ0n) is 9.41. The lowest BCUT2D eigenvalue weighted by Gasteiger charge is -2.14. The standard InChI is InChI=1S/C13H11Br2ClN2/c14-9-1-2-11(12(16)5-9)13(17)4-8-3-10(15)7-18-6-8/h1-3,5-7,13H,4,17H2. The van der Waals surface area contributed by atoms with Gasteiger partial charge in [0.2, 0.25) is 0 Å². The van der Waals surface area contributed by atoms with Gasteiger partial charge in [-0.25, -0.2) is 0 Å². The topological polar surface area (TPSA) is 38.9 Å². The molecule has 0 bridgehead atoms. The summed E-state index contributed by atoms with van der Waals surface area (Å²) < 4.78 is 1.90. The highest BCUT2D eigenvalue weighted by Crippen LogP contribution is 2.27. The Morgan fingerprint density at radius 2 is 1.94 bits per heavy atom. The molecule has 1 atom stereocenters. The van der Waals surface area contributed by atoms with Crippen LogP contribution in [0.5, 0.6) is 0 Å². The van der Waals surface area contributed by atoms with E-state index >= 15 is 0 Å². The largest absolute Gasteiger partial charge is 0.324 e. The SMILES string of the molecule is NC(Cc1cncc(Br)c1)c1ccc(Br)cc1Cl. The van der Waals surface area contributed by atoms with E-state index in [1.165, 1.54) is 0 Å². The predicted octanol–water partition coefficient (Wildman–Crippen LogP) is 4.50. The van der Waals surface area contributed by atoms with E-state index in [0.717, 1.165) is 20.1 Å². The Morgan fingerprint density at radius 1 is 1.17 bits per heavy atom. The van der Waals surface area contributed by atoms with Crippen LogP contribution in [-0.4, -0.2) is 4.98 Å². The summed E-state index contributed by atoms with van der Waals surface area (Å²) in [6, 6.07) is 7.62. The van der Waals surface area contributed by atoms with Crippen molar-refractivity contribution in [3.8, 4) is 0 Å². The first-order valence-electron chi connectivity index (χ1n) is 5.36. The molecular weight excluding hydrogens is 379 g/mol. The van der Waals surface area contributed by atoms with E-state index in [4.69, 9.17) is 17.3 Å². The van der Waals surface area contributed by atoms with Crippen molar-refractivity contribution in [2.75, 3.05) is 0 Å². The van der Waals surface area contributed by atoms with Crippen LogP contribution in [0, 0.1) is 0 Å². The van der Waals surface area contributed by atoms with Crippen molar-refractivity contribution in [1.29, 1.82) is 0 Å². The van der Waals surface area contributed by atoms with Crippen LogP contribution in [0.3, 0.4) is 0 Å². The minimum atomic E-state index is -0.137. The van der Waals surface area contributed by atoms with Crippen LogP contribution in [0.1, 0.15) is 17.2 Å². The quantitative estimate of drug-likeness (QED) is 0.838. The highest BCUT2D eigenvalue weighted by Gasteiger charge is 2.11. The second-order valence-electron chi connectivity index (χ2n) is 3.99. The van der Waals surface area contributed by atoms with Gasteiger partial charge in [-0.05, 0) is 51.7 Å². The molecule has 0 spiro atoms. The second-order valence-corrected chi connectivity index (χ2v) is 6.23. The fraction of sp³-hybridized carbons (Fsp3) is 0.154. The molecule has 1 unspecified atom stereocenters. The summed E-state index contributed by atoms with van der Waals surface area (Å²) in [4.78, 5) is 4.12. The zero-order chi connectivity index (χ0) is 13.1. The Kier molecular flexibility index (Phi) is 4.78. The Bertz CT molecular complexity index is 560. The highest BCUT2D eigenvalue weighted by molar-refractivity contribution is 9.10. The number of aromatic nitrogens is 1. The maximum absolute atomic E-state index is 6.19. The predicted molar refractivity (Wildman–Crippen MR) is 81.7 cm³/mol. The van der Waals surface area contributed by atoms with E-state index in [1.54, 1.807) is 6.20 Å². The van der Waals surface area contributed by atoms with Crippen LogP contribution < -0.4 is 5.73 Å². The number of nitrogens with two attached hydrogens (primary N) is 1. The van der Waals surface area contributed by atoms with Gasteiger partial charge in [0.05, 0.1) is 0 Å². The van der Waals surface area contributed by atoms with Crippen molar-refractivity contribution in [3.05, 3.63) is 61.8 Å². The van der Waals surface area contributed by atoms with Gasteiger partial charge in [0.15, 0.2) is 0 Å². The van der Waals surface area contributed by atoms with Crippen LogP contribution in [0.25, 0.3) is 0 Å². The Labute approximate surface area is 128 Å². The molecule has 0 amide bonds. The molecule has 1 aromatic heterocycles. The minimum absolute atomic E-state index is 0.137. The van der Waals surface area contributed by atoms with Gasteiger partial charge >= 0.3 is 0 Å². The van der Waals surface area contributed by atoms with Gasteiger partial charge in [-0.3, -0.25) is 4.98 Å². The minimum Gasteiger partial charge on any atom is -0.324 e. The third-order valence-electron chi connectivity index (χ3n) is 2.58. The molecule has 0 saturated carbocycles. The zero-order valence-corrected chi connectivity index (χ0v) is 13.3. The molecule has 18 heavy (non-hydrogen) atoms. The number of benzene rings is 1. The molecule has 0 aliphatic heterocycles. The van der Waals surface area contributed by atoms with E-state index in [1.807, 2.05) is 30.5 Å². The monoisotopic (exact) mass is 388 g/mol. The Balaban J connectivity index is 2.19. The van der Waals surface area contributed by atoms with E-state index < -0.39 is 0 Å². The number of rotatable bonds is 3. The third kappa shape index (κ3) is 3.54. The lowest BCUT2D eigenvalue weighted by Crippen LogP contribution is -2.14. The molecule has 0 saturated heterocycles. The van der Waals surface area contributed by atoms with Gasteiger partial charge in [0, 0.05) is 32.4 Å². The first-order valence-corrected chi connectivity index (χ1v) is 7.32. The molecule has 2 nitrogen and oxygen atoms in total. The number of nitrogens with zero attached hydrogens (tertiary/aromatic N) is 1. The average molecular weight is 391 g/mol. The summed E-state index contributed by atoms with van der Waals surface area (Å²) in [6.45, 7) is 0. The fourth-order valence-electron chi connectivity index (χ4n) is 1.73. The molecular formula is C13H11Br2ClN2. The number of halogens is 3. The van der Waals surface area contributed by atoms with E-state index in [0.29, 0.717) is 11.4 Å². The average Bonchev–Trinajstić information content (AvgIpc) is 2.28. The van der Waals surface area contributed by atoms with Gasteiger partial charge in [-0.15, -0.1) is 0 Å². The highest BCUT2D eigenvalue weighted by atomic mass is 79.9. The summed E-state index contributed by atoms with van der Waals surface area (Å²) >= 11 is 13.0. The van der Waals surface area contributed by atoms with Crippen molar-refractivity contribution in [2.24, 2.45) is 5.73 Å². The summed E-state index contributed by atoms with van der Waals surface area (Å²) in [6.07, 6.45) is 4.27. The van der Waals surface area contributed by atoms with Crippen molar-refractivity contribution >= 4 is 43.5 Å². The van der Waals surface area contributed by atoms with Gasteiger partial charge in [0.1, 0.15) is 0 Å². The lowest BCUT2D eigenvalue weighted by atomic mass is 10.0. The molecule has 5 heteroatoms. The van der Waals surface area contributed by atoms with Crippen LogP contribution >= 0.6 is 43.5 Å². The van der Waals surface area contributed by atoms with Crippen molar-refractivity contribution in [1.82, 2.24) is 4.98 Å². The molecule has 0 aliphatic carbocycles. The van der Waals surface area contributed by atoms with Crippen molar-refractivity contribution in [2.45, 2.75) is 12.5 Å². The van der Waals surface area contributed by atoms with Crippen molar-refractivity contribution in [3.63, 3.8) is 0 Å². The van der Waals surface area contributed by atoms with Crippen LogP contribution in [-0.2, 0) is 6.42 Å². The molecule has 0 fully saturated rings. The van der Waals surface area contributed by atoms with Crippen LogP contribution in [0.15, 0.2) is 45.6 Å².